The largest absolute Gasteiger partial charge is 0.479 e. The smallest absolute Gasteiger partial charge is 0.245 e. The molecule has 2 heterocycles. The Morgan fingerprint density at radius 3 is 2.80 bits per heavy atom. The maximum Gasteiger partial charge on any atom is 0.245 e. The van der Waals surface area contributed by atoms with E-state index in [2.05, 4.69) is 19.9 Å². The first kappa shape index (κ1) is 14.5. The van der Waals surface area contributed by atoms with Crippen LogP contribution in [-0.4, -0.2) is 65.4 Å². The Labute approximate surface area is 117 Å². The number of nitrogens with two attached hydrogens (primary N) is 1. The normalized spacial score (nSPS) is 11.4. The second-order valence-corrected chi connectivity index (χ2v) is 4.47. The molecule has 0 aliphatic carbocycles. The lowest BCUT2D eigenvalue weighted by atomic mass is 10.5. The van der Waals surface area contributed by atoms with E-state index in [1.54, 1.807) is 14.2 Å². The van der Waals surface area contributed by atoms with Crippen LogP contribution in [0.15, 0.2) is 6.33 Å². The highest BCUT2D eigenvalue weighted by Gasteiger charge is 2.14. The van der Waals surface area contributed by atoms with Crippen molar-refractivity contribution < 1.29 is 9.47 Å². The average molecular weight is 280 g/mol. The van der Waals surface area contributed by atoms with Gasteiger partial charge in [-0.2, -0.15) is 4.98 Å². The van der Waals surface area contributed by atoms with E-state index in [0.717, 1.165) is 13.1 Å². The Balaban J connectivity index is 2.16. The van der Waals surface area contributed by atoms with Crippen LogP contribution in [0.2, 0.25) is 0 Å². The zero-order valence-corrected chi connectivity index (χ0v) is 12.0. The minimum absolute atomic E-state index is 0.416. The Morgan fingerprint density at radius 1 is 1.30 bits per heavy atom. The molecule has 0 spiro atoms. The molecule has 8 heteroatoms. The van der Waals surface area contributed by atoms with Crippen molar-refractivity contribution in [2.45, 2.75) is 6.54 Å². The topological polar surface area (TPSA) is 91.3 Å². The number of nitrogens with zero attached hydrogens (tertiary/aromatic N) is 5. The number of methoxy groups -OCH3 is 2. The molecular formula is C12H20N6O2. The molecule has 0 amide bonds. The van der Waals surface area contributed by atoms with Crippen LogP contribution in [0.4, 0.5) is 5.95 Å². The van der Waals surface area contributed by atoms with Crippen molar-refractivity contribution in [2.75, 3.05) is 46.7 Å². The van der Waals surface area contributed by atoms with Gasteiger partial charge in [-0.3, -0.25) is 4.57 Å². The summed E-state index contributed by atoms with van der Waals surface area (Å²) in [5.74, 6) is 0.854. The summed E-state index contributed by atoms with van der Waals surface area (Å²) in [6, 6.07) is 0. The van der Waals surface area contributed by atoms with Crippen molar-refractivity contribution in [3.8, 4) is 5.88 Å². The van der Waals surface area contributed by atoms with E-state index in [4.69, 9.17) is 15.2 Å². The number of hydrogen-bond acceptors (Lipinski definition) is 7. The molecule has 0 aliphatic rings. The van der Waals surface area contributed by atoms with E-state index in [9.17, 15) is 0 Å². The number of anilines is 1. The van der Waals surface area contributed by atoms with Crippen molar-refractivity contribution >= 4 is 17.1 Å². The molecule has 2 aromatic rings. The van der Waals surface area contributed by atoms with Crippen molar-refractivity contribution in [3.05, 3.63) is 6.33 Å². The zero-order chi connectivity index (χ0) is 14.5. The fourth-order valence-electron chi connectivity index (χ4n) is 1.93. The molecule has 0 unspecified atom stereocenters. The first-order chi connectivity index (χ1) is 9.67. The first-order valence-corrected chi connectivity index (χ1v) is 6.35. The summed E-state index contributed by atoms with van der Waals surface area (Å²) in [6.45, 7) is 3.09. The van der Waals surface area contributed by atoms with E-state index in [1.807, 2.05) is 11.6 Å². The fraction of sp³-hybridized carbons (Fsp3) is 0.583. The van der Waals surface area contributed by atoms with Gasteiger partial charge in [0.2, 0.25) is 11.8 Å². The molecule has 2 N–H and O–H groups in total. The van der Waals surface area contributed by atoms with Gasteiger partial charge in [0.1, 0.15) is 6.33 Å². The molecule has 0 atom stereocenters. The van der Waals surface area contributed by atoms with Crippen molar-refractivity contribution in [1.82, 2.24) is 24.4 Å². The summed E-state index contributed by atoms with van der Waals surface area (Å²) in [5, 5.41) is 0. The monoisotopic (exact) mass is 280 g/mol. The number of hydrogen-bond donors (Lipinski definition) is 1. The van der Waals surface area contributed by atoms with E-state index < -0.39 is 0 Å². The van der Waals surface area contributed by atoms with Crippen molar-refractivity contribution in [2.24, 2.45) is 0 Å². The van der Waals surface area contributed by atoms with Gasteiger partial charge in [-0.25, -0.2) is 9.97 Å². The number of rotatable bonds is 7. The predicted molar refractivity (Wildman–Crippen MR) is 75.7 cm³/mol. The second kappa shape index (κ2) is 6.49. The highest BCUT2D eigenvalue weighted by atomic mass is 16.5. The van der Waals surface area contributed by atoms with Gasteiger partial charge in [0.15, 0.2) is 11.2 Å². The molecule has 0 saturated carbocycles. The summed E-state index contributed by atoms with van der Waals surface area (Å²) < 4.78 is 12.1. The lowest BCUT2D eigenvalue weighted by molar-refractivity contribution is 0.159. The van der Waals surface area contributed by atoms with Crippen molar-refractivity contribution in [1.29, 1.82) is 0 Å². The molecule has 2 rings (SSSR count). The molecule has 0 radical (unpaired) electrons. The molecule has 0 aromatic carbocycles. The summed E-state index contributed by atoms with van der Waals surface area (Å²) in [5.41, 5.74) is 7.23. The van der Waals surface area contributed by atoms with Crippen LogP contribution < -0.4 is 10.5 Å². The summed E-state index contributed by atoms with van der Waals surface area (Å²) >= 11 is 0. The average Bonchev–Trinajstić information content (AvgIpc) is 2.78. The number of imidazole rings is 1. The maximum atomic E-state index is 5.95. The van der Waals surface area contributed by atoms with Crippen LogP contribution in [-0.2, 0) is 11.3 Å². The molecule has 0 saturated heterocycles. The van der Waals surface area contributed by atoms with Gasteiger partial charge >= 0.3 is 0 Å². The standard InChI is InChI=1S/C12H20N6O2/c1-17(6-7-19-2)4-5-18-10-9(16-12(18)13)11(20-3)15-8-14-10/h8H,4-7H2,1-3H3,(H2,13,16). The molecule has 0 fully saturated rings. The SMILES string of the molecule is COCCN(C)CCn1c(N)nc2c(OC)ncnc21. The van der Waals surface area contributed by atoms with Crippen LogP contribution in [0, 0.1) is 0 Å². The first-order valence-electron chi connectivity index (χ1n) is 6.35. The number of ether oxygens (including phenoxy) is 2. The van der Waals surface area contributed by atoms with Gasteiger partial charge in [-0.05, 0) is 7.05 Å². The van der Waals surface area contributed by atoms with Crippen LogP contribution in [0.25, 0.3) is 11.2 Å². The fourth-order valence-corrected chi connectivity index (χ4v) is 1.93. The van der Waals surface area contributed by atoms with E-state index in [0.29, 0.717) is 36.1 Å². The number of nitrogen functional groups attached to an aromatic ring is 1. The third-order valence-corrected chi connectivity index (χ3v) is 3.10. The molecule has 20 heavy (non-hydrogen) atoms. The van der Waals surface area contributed by atoms with Gasteiger partial charge in [-0.1, -0.05) is 0 Å². The summed E-state index contributed by atoms with van der Waals surface area (Å²) in [7, 11) is 5.28. The molecule has 110 valence electrons. The zero-order valence-electron chi connectivity index (χ0n) is 12.0. The number of fused-ring (bicyclic) bond motifs is 1. The van der Waals surface area contributed by atoms with Gasteiger partial charge < -0.3 is 20.1 Å². The number of aromatic nitrogens is 4. The van der Waals surface area contributed by atoms with Gasteiger partial charge in [0.05, 0.1) is 13.7 Å². The maximum absolute atomic E-state index is 5.95. The Bertz CT molecular complexity index is 570. The highest BCUT2D eigenvalue weighted by molar-refractivity contribution is 5.78. The summed E-state index contributed by atoms with van der Waals surface area (Å²) in [4.78, 5) is 14.7. The lowest BCUT2D eigenvalue weighted by Crippen LogP contribution is -2.27. The van der Waals surface area contributed by atoms with E-state index in [1.165, 1.54) is 6.33 Å². The van der Waals surface area contributed by atoms with Gasteiger partial charge in [0, 0.05) is 26.7 Å². The quantitative estimate of drug-likeness (QED) is 0.763. The predicted octanol–water partition coefficient (Wildman–Crippen LogP) is -0.00470. The van der Waals surface area contributed by atoms with E-state index in [-0.39, 0.29) is 0 Å². The molecule has 8 nitrogen and oxygen atoms in total. The van der Waals surface area contributed by atoms with Crippen LogP contribution in [0.1, 0.15) is 0 Å². The molecule has 0 bridgehead atoms. The van der Waals surface area contributed by atoms with Crippen molar-refractivity contribution in [3.63, 3.8) is 0 Å². The van der Waals surface area contributed by atoms with Gasteiger partial charge in [-0.15, -0.1) is 0 Å². The summed E-state index contributed by atoms with van der Waals surface area (Å²) in [6.07, 6.45) is 1.45. The second-order valence-electron chi connectivity index (χ2n) is 4.47. The molecule has 0 aliphatic heterocycles. The van der Waals surface area contributed by atoms with Crippen LogP contribution in [0.3, 0.4) is 0 Å². The van der Waals surface area contributed by atoms with Crippen LogP contribution >= 0.6 is 0 Å². The molecule has 2 aromatic heterocycles. The Morgan fingerprint density at radius 2 is 2.10 bits per heavy atom. The Kier molecular flexibility index (Phi) is 4.70. The van der Waals surface area contributed by atoms with E-state index >= 15 is 0 Å². The minimum atomic E-state index is 0.416. The Hall–Kier alpha value is -1.93. The van der Waals surface area contributed by atoms with Gasteiger partial charge in [0.25, 0.3) is 0 Å². The molecular weight excluding hydrogens is 260 g/mol. The lowest BCUT2D eigenvalue weighted by Gasteiger charge is -2.16. The third-order valence-electron chi connectivity index (χ3n) is 3.10. The number of likely N-dealkylation sites (N-methyl/N-ethyl adjacent to an activating group) is 1. The third kappa shape index (κ3) is 2.97. The minimum Gasteiger partial charge on any atom is -0.479 e. The van der Waals surface area contributed by atoms with Crippen LogP contribution in [0.5, 0.6) is 5.88 Å². The highest BCUT2D eigenvalue weighted by Crippen LogP contribution is 2.22.